The van der Waals surface area contributed by atoms with E-state index in [2.05, 4.69) is 4.98 Å². The summed E-state index contributed by atoms with van der Waals surface area (Å²) in [5.74, 6) is -0.949. The Morgan fingerprint density at radius 1 is 1.53 bits per heavy atom. The number of aromatic nitrogens is 2. The quantitative estimate of drug-likeness (QED) is 0.898. The summed E-state index contributed by atoms with van der Waals surface area (Å²) < 4.78 is 20.7. The Balaban J connectivity index is 1.96. The van der Waals surface area contributed by atoms with Crippen LogP contribution in [0.15, 0.2) is 30.6 Å². The molecule has 100 valence electrons. The molecule has 0 atom stereocenters. The van der Waals surface area contributed by atoms with E-state index in [0.29, 0.717) is 6.54 Å². The van der Waals surface area contributed by atoms with Gasteiger partial charge in [-0.3, -0.25) is 0 Å². The zero-order valence-electron chi connectivity index (χ0n) is 10.3. The highest BCUT2D eigenvalue weighted by atomic mass is 19.1. The topological polar surface area (TPSA) is 64.4 Å². The molecule has 1 heterocycles. The van der Waals surface area contributed by atoms with Crippen LogP contribution >= 0.6 is 0 Å². The van der Waals surface area contributed by atoms with E-state index in [9.17, 15) is 9.18 Å². The van der Waals surface area contributed by atoms with Gasteiger partial charge in [-0.25, -0.2) is 14.2 Å². The third-order valence-electron chi connectivity index (χ3n) is 2.69. The van der Waals surface area contributed by atoms with Gasteiger partial charge in [-0.1, -0.05) is 0 Å². The molecule has 0 unspecified atom stereocenters. The first-order valence-electron chi connectivity index (χ1n) is 5.71. The summed E-state index contributed by atoms with van der Waals surface area (Å²) in [5, 5.41) is 8.71. The summed E-state index contributed by atoms with van der Waals surface area (Å²) in [6.45, 7) is 2.69. The lowest BCUT2D eigenvalue weighted by molar-refractivity contribution is 0.0696. The second-order valence-electron chi connectivity index (χ2n) is 3.97. The molecular formula is C13H13FN2O3. The Hall–Kier alpha value is -2.37. The maximum Gasteiger partial charge on any atom is 0.335 e. The molecule has 6 heteroatoms. The number of carboxylic acids is 1. The highest BCUT2D eigenvalue weighted by molar-refractivity contribution is 5.87. The maximum absolute atomic E-state index is 13.5. The lowest BCUT2D eigenvalue weighted by Crippen LogP contribution is -2.09. The van der Waals surface area contributed by atoms with Crippen molar-refractivity contribution >= 4 is 5.97 Å². The van der Waals surface area contributed by atoms with Crippen molar-refractivity contribution in [3.05, 3.63) is 47.8 Å². The number of imidazole rings is 1. The molecule has 1 aromatic heterocycles. The molecule has 0 bridgehead atoms. The number of halogens is 1. The summed E-state index contributed by atoms with van der Waals surface area (Å²) >= 11 is 0. The normalized spacial score (nSPS) is 10.4. The first-order valence-corrected chi connectivity index (χ1v) is 5.71. The minimum Gasteiger partial charge on any atom is -0.489 e. The van der Waals surface area contributed by atoms with Gasteiger partial charge in [0, 0.05) is 12.4 Å². The maximum atomic E-state index is 13.5. The molecule has 2 rings (SSSR count). The molecule has 0 spiro atoms. The van der Waals surface area contributed by atoms with Gasteiger partial charge >= 0.3 is 5.97 Å². The first-order chi connectivity index (χ1) is 9.08. The smallest absolute Gasteiger partial charge is 0.335 e. The van der Waals surface area contributed by atoms with Gasteiger partial charge in [0.2, 0.25) is 0 Å². The van der Waals surface area contributed by atoms with Crippen LogP contribution in [-0.2, 0) is 6.54 Å². The number of carbonyl (C=O) groups is 1. The third kappa shape index (κ3) is 3.09. The van der Waals surface area contributed by atoms with Crippen molar-refractivity contribution < 1.29 is 19.0 Å². The van der Waals surface area contributed by atoms with Gasteiger partial charge in [0.25, 0.3) is 0 Å². The van der Waals surface area contributed by atoms with Crippen LogP contribution in [0.4, 0.5) is 4.39 Å². The van der Waals surface area contributed by atoms with E-state index in [0.717, 1.165) is 11.9 Å². The molecule has 0 radical (unpaired) electrons. The molecule has 0 aliphatic carbocycles. The van der Waals surface area contributed by atoms with E-state index in [-0.39, 0.29) is 17.9 Å². The number of rotatable bonds is 5. The molecule has 1 aromatic carbocycles. The average Bonchev–Trinajstić information content (AvgIpc) is 2.77. The highest BCUT2D eigenvalue weighted by Gasteiger charge is 2.09. The van der Waals surface area contributed by atoms with Crippen LogP contribution in [0.25, 0.3) is 0 Å². The SMILES string of the molecule is Cc1nccn1CCOc1ccc(C(=O)O)cc1F. The minimum absolute atomic E-state index is 0.0442. The van der Waals surface area contributed by atoms with Crippen LogP contribution < -0.4 is 4.74 Å². The van der Waals surface area contributed by atoms with Crippen LogP contribution in [0.1, 0.15) is 16.2 Å². The van der Waals surface area contributed by atoms with E-state index in [4.69, 9.17) is 9.84 Å². The lowest BCUT2D eigenvalue weighted by atomic mass is 10.2. The van der Waals surface area contributed by atoms with Crippen LogP contribution in [0.5, 0.6) is 5.75 Å². The van der Waals surface area contributed by atoms with Crippen molar-refractivity contribution in [2.45, 2.75) is 13.5 Å². The predicted molar refractivity (Wildman–Crippen MR) is 65.8 cm³/mol. The van der Waals surface area contributed by atoms with Gasteiger partial charge in [-0.2, -0.15) is 0 Å². The number of hydrogen-bond acceptors (Lipinski definition) is 3. The molecule has 0 saturated heterocycles. The van der Waals surface area contributed by atoms with Crippen molar-refractivity contribution in [1.82, 2.24) is 9.55 Å². The van der Waals surface area contributed by atoms with Gasteiger partial charge in [0.1, 0.15) is 12.4 Å². The van der Waals surface area contributed by atoms with Crippen LogP contribution in [0.3, 0.4) is 0 Å². The highest BCUT2D eigenvalue weighted by Crippen LogP contribution is 2.18. The average molecular weight is 264 g/mol. The zero-order chi connectivity index (χ0) is 13.8. The van der Waals surface area contributed by atoms with E-state index in [1.54, 1.807) is 6.20 Å². The molecule has 0 fully saturated rings. The molecule has 0 aliphatic heterocycles. The Morgan fingerprint density at radius 3 is 2.89 bits per heavy atom. The second kappa shape index (κ2) is 5.51. The van der Waals surface area contributed by atoms with E-state index >= 15 is 0 Å². The van der Waals surface area contributed by atoms with Gasteiger partial charge in [0.05, 0.1) is 12.1 Å². The van der Waals surface area contributed by atoms with Crippen molar-refractivity contribution in [3.63, 3.8) is 0 Å². The van der Waals surface area contributed by atoms with Gasteiger partial charge < -0.3 is 14.4 Å². The fourth-order valence-corrected chi connectivity index (χ4v) is 1.64. The molecule has 0 aliphatic rings. The molecule has 1 N–H and O–H groups in total. The number of nitrogens with zero attached hydrogens (tertiary/aromatic N) is 2. The third-order valence-corrected chi connectivity index (χ3v) is 2.69. The first kappa shape index (κ1) is 13.1. The fraction of sp³-hybridized carbons (Fsp3) is 0.231. The number of aromatic carboxylic acids is 1. The summed E-state index contributed by atoms with van der Waals surface area (Å²) in [5.41, 5.74) is -0.102. The van der Waals surface area contributed by atoms with Crippen molar-refractivity contribution in [1.29, 1.82) is 0 Å². The van der Waals surface area contributed by atoms with Gasteiger partial charge in [0.15, 0.2) is 11.6 Å². The van der Waals surface area contributed by atoms with Crippen LogP contribution in [0.2, 0.25) is 0 Å². The Morgan fingerprint density at radius 2 is 2.32 bits per heavy atom. The Bertz CT molecular complexity index is 595. The van der Waals surface area contributed by atoms with Crippen LogP contribution in [-0.4, -0.2) is 27.2 Å². The van der Waals surface area contributed by atoms with E-state index < -0.39 is 11.8 Å². The van der Waals surface area contributed by atoms with Gasteiger partial charge in [-0.05, 0) is 25.1 Å². The van der Waals surface area contributed by atoms with Gasteiger partial charge in [-0.15, -0.1) is 0 Å². The van der Waals surface area contributed by atoms with E-state index in [1.807, 2.05) is 17.7 Å². The predicted octanol–water partition coefficient (Wildman–Crippen LogP) is 2.11. The zero-order valence-corrected chi connectivity index (χ0v) is 10.3. The number of hydrogen-bond donors (Lipinski definition) is 1. The monoisotopic (exact) mass is 264 g/mol. The van der Waals surface area contributed by atoms with Crippen molar-refractivity contribution in [2.24, 2.45) is 0 Å². The number of ether oxygens (including phenoxy) is 1. The Kier molecular flexibility index (Phi) is 3.79. The molecule has 19 heavy (non-hydrogen) atoms. The van der Waals surface area contributed by atoms with Crippen molar-refractivity contribution in [2.75, 3.05) is 6.61 Å². The van der Waals surface area contributed by atoms with E-state index in [1.165, 1.54) is 12.1 Å². The fourth-order valence-electron chi connectivity index (χ4n) is 1.64. The van der Waals surface area contributed by atoms with Crippen LogP contribution in [0, 0.1) is 12.7 Å². The lowest BCUT2D eigenvalue weighted by Gasteiger charge is -2.09. The minimum atomic E-state index is -1.17. The number of aryl methyl sites for hydroxylation is 1. The summed E-state index contributed by atoms with van der Waals surface area (Å²) in [6.07, 6.45) is 3.49. The molecule has 2 aromatic rings. The Labute approximate surface area is 109 Å². The standard InChI is InChI=1S/C13H13FN2O3/c1-9-15-4-5-16(9)6-7-19-12-3-2-10(13(17)18)8-11(12)14/h2-5,8H,6-7H2,1H3,(H,17,18). The molecule has 0 saturated carbocycles. The summed E-state index contributed by atoms with van der Waals surface area (Å²) in [7, 11) is 0. The van der Waals surface area contributed by atoms with Crippen molar-refractivity contribution in [3.8, 4) is 5.75 Å². The summed E-state index contributed by atoms with van der Waals surface area (Å²) in [4.78, 5) is 14.7. The summed E-state index contributed by atoms with van der Waals surface area (Å²) in [6, 6.07) is 3.57. The largest absolute Gasteiger partial charge is 0.489 e. The second-order valence-corrected chi connectivity index (χ2v) is 3.97. The molecular weight excluding hydrogens is 251 g/mol. The number of carboxylic acid groups (broad SMARTS) is 1. The molecule has 5 nitrogen and oxygen atoms in total. The molecule has 0 amide bonds. The number of benzene rings is 1.